The normalized spacial score (nSPS) is 26.5. The minimum absolute atomic E-state index is 0.130. The summed E-state index contributed by atoms with van der Waals surface area (Å²) in [6, 6.07) is 3.81. The lowest BCUT2D eigenvalue weighted by Crippen LogP contribution is -2.44. The molecule has 256 valence electrons. The summed E-state index contributed by atoms with van der Waals surface area (Å²) in [5.74, 6) is 0.154. The largest absolute Gasteiger partial charge is 0.461 e. The molecule has 48 heavy (non-hydrogen) atoms. The summed E-state index contributed by atoms with van der Waals surface area (Å²) in [5.41, 5.74) is 10.5. The summed E-state index contributed by atoms with van der Waals surface area (Å²) in [4.78, 5) is 28.7. The predicted molar refractivity (Wildman–Crippen MR) is 175 cm³/mol. The molecule has 13 heteroatoms. The van der Waals surface area contributed by atoms with Crippen LogP contribution in [0.3, 0.4) is 0 Å². The van der Waals surface area contributed by atoms with Gasteiger partial charge in [0.05, 0.1) is 35.8 Å². The zero-order chi connectivity index (χ0) is 33.4. The average Bonchev–Trinajstić information content (AvgIpc) is 3.68. The first-order valence-electron chi connectivity index (χ1n) is 17.2. The first-order chi connectivity index (χ1) is 23.1. The number of aromatic nitrogens is 4. The van der Waals surface area contributed by atoms with Gasteiger partial charge >= 0.3 is 6.01 Å². The van der Waals surface area contributed by atoms with Crippen LogP contribution < -0.4 is 15.4 Å². The molecule has 1 amide bonds. The minimum Gasteiger partial charge on any atom is -0.461 e. The van der Waals surface area contributed by atoms with Crippen LogP contribution in [0, 0.1) is 12.7 Å². The first-order valence-corrected chi connectivity index (χ1v) is 17.2. The maximum Gasteiger partial charge on any atom is 0.318 e. The van der Waals surface area contributed by atoms with E-state index in [-0.39, 0.29) is 29.8 Å². The average molecular weight is 663 g/mol. The lowest BCUT2D eigenvalue weighted by Gasteiger charge is -2.43. The summed E-state index contributed by atoms with van der Waals surface area (Å²) >= 11 is 0. The van der Waals surface area contributed by atoms with Crippen LogP contribution in [0.2, 0.25) is 0 Å². The molecule has 0 saturated carbocycles. The number of alkyl halides is 1. The molecule has 6 heterocycles. The van der Waals surface area contributed by atoms with Gasteiger partial charge in [0.1, 0.15) is 24.2 Å². The molecular formula is C35H44F2N8O3. The Kier molecular flexibility index (Phi) is 7.63. The van der Waals surface area contributed by atoms with E-state index in [2.05, 4.69) is 14.9 Å². The smallest absolute Gasteiger partial charge is 0.318 e. The van der Waals surface area contributed by atoms with Crippen molar-refractivity contribution in [2.24, 2.45) is 0 Å². The molecule has 1 aromatic carbocycles. The molecule has 2 aromatic heterocycles. The number of ether oxygens (including phenoxy) is 2. The Balaban J connectivity index is 1.18. The fourth-order valence-electron chi connectivity index (χ4n) is 8.92. The van der Waals surface area contributed by atoms with E-state index in [0.717, 1.165) is 66.7 Å². The molecular weight excluding hydrogens is 618 g/mol. The number of benzene rings is 1. The van der Waals surface area contributed by atoms with Gasteiger partial charge in [-0.2, -0.15) is 15.1 Å². The third kappa shape index (κ3) is 5.12. The molecule has 1 spiro atoms. The standard InChI is InChI=1S/C35H44F2N8O3/c1-21-13-26(38)30(37)29-24(21)7-4-9-35(29)16-28-25(19-48-35)31(40-33(39-28)47-20-34-8-5-11-44(34)17-22(36)15-34)43-10-6-12-45-23(18-43)14-27(41-45)32(46)42(2)3/h13-14,22H,4-12,15-20,38H2,1-3H3/t22-,34+,35+/m1/s1. The Morgan fingerprint density at radius 1 is 1.15 bits per heavy atom. The number of hydrogen-bond acceptors (Lipinski definition) is 9. The predicted octanol–water partition coefficient (Wildman–Crippen LogP) is 4.07. The second-order valence-electron chi connectivity index (χ2n) is 14.6. The number of rotatable bonds is 5. The molecule has 1 aliphatic carbocycles. The molecule has 2 saturated heterocycles. The Hall–Kier alpha value is -3.84. The molecule has 0 bridgehead atoms. The molecule has 2 fully saturated rings. The van der Waals surface area contributed by atoms with Crippen molar-refractivity contribution in [3.8, 4) is 6.01 Å². The highest BCUT2D eigenvalue weighted by Gasteiger charge is 2.50. The number of nitrogen functional groups attached to an aromatic ring is 1. The number of carbonyl (C=O) groups is 1. The topological polar surface area (TPSA) is 115 Å². The number of nitrogens with two attached hydrogens (primary N) is 1. The minimum atomic E-state index is -0.902. The molecule has 11 nitrogen and oxygen atoms in total. The number of fused-ring (bicyclic) bond motifs is 5. The van der Waals surface area contributed by atoms with Crippen molar-refractivity contribution in [1.82, 2.24) is 29.5 Å². The number of hydrogen-bond donors (Lipinski definition) is 1. The van der Waals surface area contributed by atoms with Crippen molar-refractivity contribution in [2.75, 3.05) is 51.0 Å². The summed E-state index contributed by atoms with van der Waals surface area (Å²) in [5, 5.41) is 4.61. The number of nitrogens with zero attached hydrogens (tertiary/aromatic N) is 7. The summed E-state index contributed by atoms with van der Waals surface area (Å²) in [6.45, 7) is 5.65. The zero-order valence-electron chi connectivity index (χ0n) is 28.0. The number of aryl methyl sites for hydroxylation is 2. The van der Waals surface area contributed by atoms with E-state index >= 15 is 4.39 Å². The highest BCUT2D eigenvalue weighted by molar-refractivity contribution is 5.92. The second kappa shape index (κ2) is 11.6. The number of carbonyl (C=O) groups excluding carboxylic acids is 1. The molecule has 3 atom stereocenters. The Labute approximate surface area is 279 Å². The van der Waals surface area contributed by atoms with E-state index in [4.69, 9.17) is 25.2 Å². The number of anilines is 2. The zero-order valence-corrected chi connectivity index (χ0v) is 28.0. The quantitative estimate of drug-likeness (QED) is 0.404. The molecule has 0 radical (unpaired) electrons. The molecule has 5 aliphatic rings. The molecule has 8 rings (SSSR count). The van der Waals surface area contributed by atoms with Crippen LogP contribution in [0.25, 0.3) is 0 Å². The fourth-order valence-corrected chi connectivity index (χ4v) is 8.92. The molecule has 3 aromatic rings. The van der Waals surface area contributed by atoms with Crippen LogP contribution in [-0.4, -0.2) is 87.5 Å². The third-order valence-electron chi connectivity index (χ3n) is 11.3. The van der Waals surface area contributed by atoms with Crippen LogP contribution in [-0.2, 0) is 42.9 Å². The maximum absolute atomic E-state index is 15.9. The fraction of sp³-hybridized carbons (Fsp3) is 0.600. The van der Waals surface area contributed by atoms with Crippen molar-refractivity contribution in [1.29, 1.82) is 0 Å². The van der Waals surface area contributed by atoms with Crippen LogP contribution in [0.1, 0.15) is 82.7 Å². The first kappa shape index (κ1) is 31.4. The van der Waals surface area contributed by atoms with Gasteiger partial charge in [0, 0.05) is 57.7 Å². The summed E-state index contributed by atoms with van der Waals surface area (Å²) in [6.07, 6.45) is 4.90. The molecule has 4 aliphatic heterocycles. The Bertz CT molecular complexity index is 1780. The number of halogens is 2. The monoisotopic (exact) mass is 662 g/mol. The SMILES string of the molecule is Cc1cc(N)c(F)c2c1CCC[C@]21Cc2nc(OC[C@@]34CCCN3C[C@H](F)C4)nc(N3CCCn4nc(C(=O)N(C)C)cc4C3)c2CO1. The van der Waals surface area contributed by atoms with Crippen LogP contribution in [0.4, 0.5) is 20.3 Å². The second-order valence-corrected chi connectivity index (χ2v) is 14.6. The van der Waals surface area contributed by atoms with Crippen molar-refractivity contribution in [2.45, 2.75) is 95.3 Å². The van der Waals surface area contributed by atoms with E-state index < -0.39 is 17.6 Å². The van der Waals surface area contributed by atoms with Gasteiger partial charge < -0.3 is 25.0 Å². The van der Waals surface area contributed by atoms with E-state index in [1.807, 2.05) is 17.7 Å². The third-order valence-corrected chi connectivity index (χ3v) is 11.3. The molecule has 2 N–H and O–H groups in total. The van der Waals surface area contributed by atoms with E-state index in [0.29, 0.717) is 69.1 Å². The maximum atomic E-state index is 15.9. The highest BCUT2D eigenvalue weighted by atomic mass is 19.1. The van der Waals surface area contributed by atoms with E-state index in [9.17, 15) is 9.18 Å². The Morgan fingerprint density at radius 3 is 2.83 bits per heavy atom. The van der Waals surface area contributed by atoms with Crippen LogP contribution in [0.5, 0.6) is 6.01 Å². The van der Waals surface area contributed by atoms with Crippen LogP contribution >= 0.6 is 0 Å². The van der Waals surface area contributed by atoms with Gasteiger partial charge in [-0.15, -0.1) is 0 Å². The van der Waals surface area contributed by atoms with Gasteiger partial charge in [0.25, 0.3) is 5.91 Å². The van der Waals surface area contributed by atoms with Gasteiger partial charge in [-0.3, -0.25) is 14.4 Å². The molecule has 0 unspecified atom stereocenters. The van der Waals surface area contributed by atoms with E-state index in [1.54, 1.807) is 20.2 Å². The lowest BCUT2D eigenvalue weighted by molar-refractivity contribution is -0.0877. The summed E-state index contributed by atoms with van der Waals surface area (Å²) < 4.78 is 45.6. The van der Waals surface area contributed by atoms with E-state index in [1.165, 1.54) is 4.90 Å². The van der Waals surface area contributed by atoms with Crippen molar-refractivity contribution in [3.05, 3.63) is 57.3 Å². The van der Waals surface area contributed by atoms with Gasteiger partial charge in [-0.05, 0) is 75.3 Å². The van der Waals surface area contributed by atoms with Gasteiger partial charge in [-0.25, -0.2) is 8.78 Å². The highest BCUT2D eigenvalue weighted by Crippen LogP contribution is 2.49. The van der Waals surface area contributed by atoms with Gasteiger partial charge in [0.15, 0.2) is 11.5 Å². The van der Waals surface area contributed by atoms with Crippen molar-refractivity contribution < 1.29 is 23.0 Å². The number of amides is 1. The Morgan fingerprint density at radius 2 is 2.00 bits per heavy atom. The van der Waals surface area contributed by atoms with Crippen molar-refractivity contribution >= 4 is 17.4 Å². The lowest BCUT2D eigenvalue weighted by atomic mass is 9.73. The van der Waals surface area contributed by atoms with Gasteiger partial charge in [-0.1, -0.05) is 0 Å². The van der Waals surface area contributed by atoms with Gasteiger partial charge in [0.2, 0.25) is 0 Å². The van der Waals surface area contributed by atoms with Crippen LogP contribution in [0.15, 0.2) is 12.1 Å². The summed E-state index contributed by atoms with van der Waals surface area (Å²) in [7, 11) is 3.44. The van der Waals surface area contributed by atoms with Crippen molar-refractivity contribution in [3.63, 3.8) is 0 Å².